The Morgan fingerprint density at radius 3 is 2.50 bits per heavy atom. The lowest BCUT2D eigenvalue weighted by molar-refractivity contribution is 0.0701. The molecule has 1 N–H and O–H groups in total. The summed E-state index contributed by atoms with van der Waals surface area (Å²) in [4.78, 5) is 13.9. The van der Waals surface area contributed by atoms with Crippen molar-refractivity contribution in [3.05, 3.63) is 23.2 Å². The quantitative estimate of drug-likeness (QED) is 0.812. The molecule has 1 aromatic heterocycles. The van der Waals surface area contributed by atoms with Crippen molar-refractivity contribution >= 4 is 18.3 Å². The van der Waals surface area contributed by atoms with Gasteiger partial charge in [-0.25, -0.2) is 0 Å². The Balaban J connectivity index is 0.00000128. The molecule has 90 valence electrons. The van der Waals surface area contributed by atoms with Gasteiger partial charge in [-0.1, -0.05) is 0 Å². The summed E-state index contributed by atoms with van der Waals surface area (Å²) in [5.41, 5.74) is 0.927. The highest BCUT2D eigenvalue weighted by molar-refractivity contribution is 5.93. The average Bonchev–Trinajstić information content (AvgIpc) is 2.58. The number of hydrogen-bond acceptors (Lipinski definition) is 3. The summed E-state index contributed by atoms with van der Waals surface area (Å²) in [5, 5.41) is 3.22. The fourth-order valence-electron chi connectivity index (χ4n) is 1.87. The Hall–Kier alpha value is -1.00. The molecule has 1 amide bonds. The fourth-order valence-corrected chi connectivity index (χ4v) is 1.87. The van der Waals surface area contributed by atoms with Crippen LogP contribution in [0.2, 0.25) is 0 Å². The van der Waals surface area contributed by atoms with E-state index in [0.29, 0.717) is 5.76 Å². The second-order valence-corrected chi connectivity index (χ2v) is 3.91. The first-order valence-corrected chi connectivity index (χ1v) is 5.25. The van der Waals surface area contributed by atoms with E-state index < -0.39 is 0 Å². The van der Waals surface area contributed by atoms with Gasteiger partial charge in [-0.2, -0.15) is 0 Å². The maximum absolute atomic E-state index is 12.0. The molecule has 1 aliphatic heterocycles. The topological polar surface area (TPSA) is 45.5 Å². The van der Waals surface area contributed by atoms with Crippen molar-refractivity contribution in [2.45, 2.75) is 13.8 Å². The number of carbonyl (C=O) groups is 1. The van der Waals surface area contributed by atoms with E-state index in [0.717, 1.165) is 37.5 Å². The van der Waals surface area contributed by atoms with Crippen LogP contribution < -0.4 is 5.32 Å². The standard InChI is InChI=1S/C11H16N2O2.ClH/c1-8-7-9(2)15-10(8)11(14)13-5-3-12-4-6-13;/h7,12H,3-6H2,1-2H3;1H. The molecule has 1 aromatic rings. The smallest absolute Gasteiger partial charge is 0.289 e. The monoisotopic (exact) mass is 244 g/mol. The predicted molar refractivity (Wildman–Crippen MR) is 64.2 cm³/mol. The molecular formula is C11H17ClN2O2. The molecule has 2 rings (SSSR count). The second kappa shape index (κ2) is 5.37. The van der Waals surface area contributed by atoms with Crippen molar-refractivity contribution < 1.29 is 9.21 Å². The highest BCUT2D eigenvalue weighted by Crippen LogP contribution is 2.16. The first-order valence-electron chi connectivity index (χ1n) is 5.25. The van der Waals surface area contributed by atoms with Gasteiger partial charge in [0, 0.05) is 31.7 Å². The minimum Gasteiger partial charge on any atom is -0.456 e. The molecule has 0 bridgehead atoms. The van der Waals surface area contributed by atoms with Crippen LogP contribution in [0.25, 0.3) is 0 Å². The molecule has 16 heavy (non-hydrogen) atoms. The van der Waals surface area contributed by atoms with Gasteiger partial charge >= 0.3 is 0 Å². The molecular weight excluding hydrogens is 228 g/mol. The summed E-state index contributed by atoms with van der Waals surface area (Å²) < 4.78 is 5.42. The molecule has 1 fully saturated rings. The third kappa shape index (κ3) is 2.57. The van der Waals surface area contributed by atoms with Crippen LogP contribution in [0.4, 0.5) is 0 Å². The van der Waals surface area contributed by atoms with Crippen LogP contribution in [0.1, 0.15) is 21.9 Å². The van der Waals surface area contributed by atoms with Crippen molar-refractivity contribution in [1.29, 1.82) is 0 Å². The minimum atomic E-state index is 0. The van der Waals surface area contributed by atoms with Gasteiger partial charge in [0.15, 0.2) is 5.76 Å². The minimum absolute atomic E-state index is 0. The van der Waals surface area contributed by atoms with Gasteiger partial charge in [-0.15, -0.1) is 12.4 Å². The number of nitrogens with zero attached hydrogens (tertiary/aromatic N) is 1. The number of amides is 1. The molecule has 0 aliphatic carbocycles. The Kier molecular flexibility index (Phi) is 4.38. The lowest BCUT2D eigenvalue weighted by Crippen LogP contribution is -2.46. The summed E-state index contributed by atoms with van der Waals surface area (Å²) >= 11 is 0. The fraction of sp³-hybridized carbons (Fsp3) is 0.545. The highest BCUT2D eigenvalue weighted by atomic mass is 35.5. The van der Waals surface area contributed by atoms with Gasteiger partial charge in [-0.3, -0.25) is 4.79 Å². The van der Waals surface area contributed by atoms with E-state index >= 15 is 0 Å². The number of hydrogen-bond donors (Lipinski definition) is 1. The van der Waals surface area contributed by atoms with E-state index in [1.54, 1.807) is 0 Å². The van der Waals surface area contributed by atoms with Crippen LogP contribution in [0, 0.1) is 13.8 Å². The Bertz CT molecular complexity index is 370. The lowest BCUT2D eigenvalue weighted by atomic mass is 10.2. The maximum Gasteiger partial charge on any atom is 0.289 e. The number of halogens is 1. The summed E-state index contributed by atoms with van der Waals surface area (Å²) in [5.74, 6) is 1.31. The van der Waals surface area contributed by atoms with E-state index in [9.17, 15) is 4.79 Å². The van der Waals surface area contributed by atoms with Crippen molar-refractivity contribution in [1.82, 2.24) is 10.2 Å². The van der Waals surface area contributed by atoms with Gasteiger partial charge in [0.25, 0.3) is 5.91 Å². The number of nitrogens with one attached hydrogen (secondary N) is 1. The van der Waals surface area contributed by atoms with E-state index in [2.05, 4.69) is 5.32 Å². The molecule has 0 aromatic carbocycles. The van der Waals surface area contributed by atoms with E-state index in [1.165, 1.54) is 0 Å². The largest absolute Gasteiger partial charge is 0.456 e. The van der Waals surface area contributed by atoms with E-state index in [-0.39, 0.29) is 18.3 Å². The molecule has 0 atom stereocenters. The molecule has 4 nitrogen and oxygen atoms in total. The van der Waals surface area contributed by atoms with Gasteiger partial charge in [0.05, 0.1) is 0 Å². The van der Waals surface area contributed by atoms with Crippen LogP contribution in [-0.4, -0.2) is 37.0 Å². The SMILES string of the molecule is Cc1cc(C)c(C(=O)N2CCNCC2)o1.Cl. The molecule has 0 radical (unpaired) electrons. The number of carbonyl (C=O) groups excluding carboxylic acids is 1. The first kappa shape index (κ1) is 13.1. The molecule has 2 heterocycles. The highest BCUT2D eigenvalue weighted by Gasteiger charge is 2.22. The summed E-state index contributed by atoms with van der Waals surface area (Å²) in [6.07, 6.45) is 0. The molecule has 1 saturated heterocycles. The zero-order chi connectivity index (χ0) is 10.8. The normalized spacial score (nSPS) is 15.8. The molecule has 1 aliphatic rings. The van der Waals surface area contributed by atoms with Gasteiger partial charge in [0.1, 0.15) is 5.76 Å². The van der Waals surface area contributed by atoms with Gasteiger partial charge in [-0.05, 0) is 19.9 Å². The maximum atomic E-state index is 12.0. The Morgan fingerprint density at radius 2 is 2.00 bits per heavy atom. The average molecular weight is 245 g/mol. The molecule has 0 saturated carbocycles. The summed E-state index contributed by atoms with van der Waals surface area (Å²) in [6, 6.07) is 1.90. The third-order valence-corrected chi connectivity index (χ3v) is 2.64. The Labute approximate surface area is 101 Å². The van der Waals surface area contributed by atoms with Crippen molar-refractivity contribution in [3.8, 4) is 0 Å². The molecule has 0 spiro atoms. The molecule has 0 unspecified atom stereocenters. The van der Waals surface area contributed by atoms with Crippen LogP contribution in [-0.2, 0) is 0 Å². The zero-order valence-corrected chi connectivity index (χ0v) is 10.4. The summed E-state index contributed by atoms with van der Waals surface area (Å²) in [6.45, 7) is 7.03. The van der Waals surface area contributed by atoms with Crippen molar-refractivity contribution in [2.24, 2.45) is 0 Å². The lowest BCUT2D eigenvalue weighted by Gasteiger charge is -2.26. The predicted octanol–water partition coefficient (Wildman–Crippen LogP) is 1.36. The third-order valence-electron chi connectivity index (χ3n) is 2.64. The number of piperazine rings is 1. The number of rotatable bonds is 1. The van der Waals surface area contributed by atoms with E-state index in [1.807, 2.05) is 24.8 Å². The van der Waals surface area contributed by atoms with Crippen molar-refractivity contribution in [3.63, 3.8) is 0 Å². The second-order valence-electron chi connectivity index (χ2n) is 3.91. The van der Waals surface area contributed by atoms with Crippen LogP contribution in [0.5, 0.6) is 0 Å². The summed E-state index contributed by atoms with van der Waals surface area (Å²) in [7, 11) is 0. The van der Waals surface area contributed by atoms with Crippen molar-refractivity contribution in [2.75, 3.05) is 26.2 Å². The molecule has 5 heteroatoms. The van der Waals surface area contributed by atoms with Crippen LogP contribution in [0.3, 0.4) is 0 Å². The Morgan fingerprint density at radius 1 is 1.38 bits per heavy atom. The van der Waals surface area contributed by atoms with Crippen LogP contribution >= 0.6 is 12.4 Å². The zero-order valence-electron chi connectivity index (χ0n) is 9.58. The first-order chi connectivity index (χ1) is 7.18. The number of aryl methyl sites for hydroxylation is 2. The van der Waals surface area contributed by atoms with E-state index in [4.69, 9.17) is 4.42 Å². The van der Waals surface area contributed by atoms with Gasteiger partial charge in [0.2, 0.25) is 0 Å². The van der Waals surface area contributed by atoms with Gasteiger partial charge < -0.3 is 14.6 Å². The number of furan rings is 1. The van der Waals surface area contributed by atoms with Crippen LogP contribution in [0.15, 0.2) is 10.5 Å².